The molecule has 3 rings (SSSR count). The number of ether oxygens (including phenoxy) is 1. The van der Waals surface area contributed by atoms with E-state index in [1.54, 1.807) is 30.5 Å². The number of primary amides is 1. The van der Waals surface area contributed by atoms with E-state index in [9.17, 15) is 9.59 Å². The Bertz CT molecular complexity index is 978. The van der Waals surface area contributed by atoms with Gasteiger partial charge in [0.15, 0.2) is 22.9 Å². The number of furan rings is 1. The smallest absolute Gasteiger partial charge is 0.253 e. The zero-order chi connectivity index (χ0) is 17.4. The highest BCUT2D eigenvalue weighted by molar-refractivity contribution is 6.33. The average Bonchev–Trinajstić information content (AvgIpc) is 2.96. The summed E-state index contributed by atoms with van der Waals surface area (Å²) in [6.45, 7) is 1.30. The number of amides is 1. The number of nitrogens with two attached hydrogens (primary N) is 1. The van der Waals surface area contributed by atoms with Crippen LogP contribution in [0.5, 0.6) is 5.75 Å². The van der Waals surface area contributed by atoms with Crippen LogP contribution < -0.4 is 10.5 Å². The van der Waals surface area contributed by atoms with Crippen molar-refractivity contribution in [3.05, 3.63) is 46.9 Å². The van der Waals surface area contributed by atoms with Gasteiger partial charge in [0, 0.05) is 24.1 Å². The summed E-state index contributed by atoms with van der Waals surface area (Å²) in [6, 6.07) is 6.85. The van der Waals surface area contributed by atoms with Crippen LogP contribution >= 0.6 is 11.6 Å². The highest BCUT2D eigenvalue weighted by atomic mass is 35.5. The molecule has 7 heteroatoms. The SMILES string of the molecule is COc1ccc(-c2cccnc2Cl)c2c(C(N)=O)c(C(C)=O)oc12. The van der Waals surface area contributed by atoms with Crippen LogP contribution in [0.2, 0.25) is 5.15 Å². The quantitative estimate of drug-likeness (QED) is 0.577. The lowest BCUT2D eigenvalue weighted by molar-refractivity contribution is 0.0958. The van der Waals surface area contributed by atoms with Crippen molar-refractivity contribution < 1.29 is 18.7 Å². The van der Waals surface area contributed by atoms with Gasteiger partial charge in [-0.15, -0.1) is 0 Å². The second kappa shape index (κ2) is 5.98. The van der Waals surface area contributed by atoms with Gasteiger partial charge in [-0.1, -0.05) is 11.6 Å². The number of halogens is 1. The highest BCUT2D eigenvalue weighted by Crippen LogP contribution is 2.41. The van der Waals surface area contributed by atoms with Gasteiger partial charge in [-0.2, -0.15) is 0 Å². The molecule has 0 aliphatic carbocycles. The Balaban J connectivity index is 2.50. The van der Waals surface area contributed by atoms with Crippen LogP contribution in [0.1, 0.15) is 27.8 Å². The molecule has 0 bridgehead atoms. The Morgan fingerprint density at radius 3 is 2.58 bits per heavy atom. The van der Waals surface area contributed by atoms with Crippen LogP contribution in [0.15, 0.2) is 34.9 Å². The van der Waals surface area contributed by atoms with E-state index in [0.29, 0.717) is 22.3 Å². The first-order chi connectivity index (χ1) is 11.5. The number of rotatable bonds is 4. The number of pyridine rings is 1. The Labute approximate surface area is 142 Å². The third-order valence-electron chi connectivity index (χ3n) is 3.64. The van der Waals surface area contributed by atoms with E-state index in [2.05, 4.69) is 4.98 Å². The summed E-state index contributed by atoms with van der Waals surface area (Å²) in [7, 11) is 1.46. The van der Waals surface area contributed by atoms with Crippen LogP contribution in [0.25, 0.3) is 22.1 Å². The number of Topliss-reactive ketones (excluding diaryl/α,β-unsaturated/α-hetero) is 1. The molecule has 122 valence electrons. The van der Waals surface area contributed by atoms with Crippen molar-refractivity contribution in [1.82, 2.24) is 4.98 Å². The second-order valence-electron chi connectivity index (χ2n) is 5.09. The van der Waals surface area contributed by atoms with Gasteiger partial charge in [0.05, 0.1) is 12.7 Å². The minimum absolute atomic E-state index is 0.00585. The maximum absolute atomic E-state index is 12.0. The molecule has 0 saturated heterocycles. The maximum atomic E-state index is 12.0. The van der Waals surface area contributed by atoms with Crippen molar-refractivity contribution in [1.29, 1.82) is 0 Å². The zero-order valence-electron chi connectivity index (χ0n) is 12.9. The number of carbonyl (C=O) groups is 2. The fourth-order valence-electron chi connectivity index (χ4n) is 2.63. The van der Waals surface area contributed by atoms with Gasteiger partial charge in [0.25, 0.3) is 5.91 Å². The van der Waals surface area contributed by atoms with E-state index in [0.717, 1.165) is 0 Å². The topological polar surface area (TPSA) is 95.4 Å². The number of fused-ring (bicyclic) bond motifs is 1. The Morgan fingerprint density at radius 2 is 2.00 bits per heavy atom. The number of ketones is 1. The van der Waals surface area contributed by atoms with E-state index >= 15 is 0 Å². The van der Waals surface area contributed by atoms with Crippen molar-refractivity contribution >= 4 is 34.3 Å². The Kier molecular flexibility index (Phi) is 3.99. The van der Waals surface area contributed by atoms with E-state index in [-0.39, 0.29) is 22.1 Å². The van der Waals surface area contributed by atoms with Gasteiger partial charge in [-0.25, -0.2) is 4.98 Å². The molecule has 2 aromatic heterocycles. The number of benzene rings is 1. The normalized spacial score (nSPS) is 10.8. The lowest BCUT2D eigenvalue weighted by Crippen LogP contribution is -2.14. The molecule has 0 spiro atoms. The largest absolute Gasteiger partial charge is 0.493 e. The molecule has 0 unspecified atom stereocenters. The van der Waals surface area contributed by atoms with Crippen molar-refractivity contribution in [2.45, 2.75) is 6.92 Å². The van der Waals surface area contributed by atoms with Crippen LogP contribution in [0.3, 0.4) is 0 Å². The number of nitrogens with zero attached hydrogens (tertiary/aromatic N) is 1. The van der Waals surface area contributed by atoms with Crippen molar-refractivity contribution in [3.63, 3.8) is 0 Å². The van der Waals surface area contributed by atoms with Crippen LogP contribution in [-0.4, -0.2) is 23.8 Å². The molecule has 0 atom stereocenters. The van der Waals surface area contributed by atoms with E-state index in [4.69, 9.17) is 26.5 Å². The standard InChI is InChI=1S/C17H13ClN2O4/c1-8(21)14-13(17(19)22)12-9(10-4-3-7-20-16(10)18)5-6-11(23-2)15(12)24-14/h3-7H,1-2H3,(H2,19,22). The molecule has 0 radical (unpaired) electrons. The summed E-state index contributed by atoms with van der Waals surface area (Å²) in [4.78, 5) is 27.9. The van der Waals surface area contributed by atoms with E-state index < -0.39 is 11.7 Å². The fraction of sp³-hybridized carbons (Fsp3) is 0.118. The predicted molar refractivity (Wildman–Crippen MR) is 89.5 cm³/mol. The predicted octanol–water partition coefficient (Wildman–Crippen LogP) is 3.46. The van der Waals surface area contributed by atoms with Crippen LogP contribution in [-0.2, 0) is 0 Å². The molecule has 24 heavy (non-hydrogen) atoms. The number of methoxy groups -OCH3 is 1. The van der Waals surface area contributed by atoms with Gasteiger partial charge in [-0.3, -0.25) is 9.59 Å². The van der Waals surface area contributed by atoms with Gasteiger partial charge in [0.1, 0.15) is 5.15 Å². The molecule has 0 fully saturated rings. The van der Waals surface area contributed by atoms with Gasteiger partial charge >= 0.3 is 0 Å². The molecule has 1 amide bonds. The van der Waals surface area contributed by atoms with Crippen LogP contribution in [0.4, 0.5) is 0 Å². The minimum atomic E-state index is -0.770. The summed E-state index contributed by atoms with van der Waals surface area (Å²) in [5, 5.41) is 0.631. The first-order valence-corrected chi connectivity index (χ1v) is 7.38. The zero-order valence-corrected chi connectivity index (χ0v) is 13.7. The number of aromatic nitrogens is 1. The maximum Gasteiger partial charge on any atom is 0.253 e. The average molecular weight is 345 g/mol. The number of hydrogen-bond donors (Lipinski definition) is 1. The first-order valence-electron chi connectivity index (χ1n) is 7.00. The summed E-state index contributed by atoms with van der Waals surface area (Å²) in [6.07, 6.45) is 1.55. The van der Waals surface area contributed by atoms with Gasteiger partial charge in [-0.05, 0) is 29.8 Å². The van der Waals surface area contributed by atoms with Crippen molar-refractivity contribution in [2.75, 3.05) is 7.11 Å². The molecule has 3 aromatic rings. The third kappa shape index (κ3) is 2.41. The summed E-state index contributed by atoms with van der Waals surface area (Å²) < 4.78 is 10.9. The molecule has 0 saturated carbocycles. The highest BCUT2D eigenvalue weighted by Gasteiger charge is 2.27. The molecular weight excluding hydrogens is 332 g/mol. The lowest BCUT2D eigenvalue weighted by atomic mass is 9.98. The number of carbonyl (C=O) groups excluding carboxylic acids is 2. The molecule has 1 aromatic carbocycles. The second-order valence-corrected chi connectivity index (χ2v) is 5.45. The lowest BCUT2D eigenvalue weighted by Gasteiger charge is -2.08. The number of hydrogen-bond acceptors (Lipinski definition) is 5. The minimum Gasteiger partial charge on any atom is -0.493 e. The van der Waals surface area contributed by atoms with Crippen molar-refractivity contribution in [3.8, 4) is 16.9 Å². The first kappa shape index (κ1) is 16.0. The molecule has 6 nitrogen and oxygen atoms in total. The summed E-state index contributed by atoms with van der Waals surface area (Å²) in [5.41, 5.74) is 6.93. The van der Waals surface area contributed by atoms with E-state index in [1.807, 2.05) is 0 Å². The van der Waals surface area contributed by atoms with Gasteiger partial charge < -0.3 is 14.9 Å². The summed E-state index contributed by atoms with van der Waals surface area (Å²) >= 11 is 6.18. The molecule has 0 aliphatic heterocycles. The monoisotopic (exact) mass is 344 g/mol. The Hall–Kier alpha value is -2.86. The molecular formula is C17H13ClN2O4. The fourth-order valence-corrected chi connectivity index (χ4v) is 2.86. The Morgan fingerprint density at radius 1 is 1.25 bits per heavy atom. The van der Waals surface area contributed by atoms with Crippen molar-refractivity contribution in [2.24, 2.45) is 5.73 Å². The third-order valence-corrected chi connectivity index (χ3v) is 3.94. The molecule has 0 aliphatic rings. The van der Waals surface area contributed by atoms with Gasteiger partial charge in [0.2, 0.25) is 0 Å². The van der Waals surface area contributed by atoms with Crippen LogP contribution in [0, 0.1) is 0 Å². The van der Waals surface area contributed by atoms with E-state index in [1.165, 1.54) is 14.0 Å². The molecule has 2 N–H and O–H groups in total. The summed E-state index contributed by atoms with van der Waals surface area (Å²) in [5.74, 6) is -0.911. The molecule has 2 heterocycles.